The lowest BCUT2D eigenvalue weighted by Crippen LogP contribution is -2.45. The van der Waals surface area contributed by atoms with Crippen LogP contribution in [0.3, 0.4) is 0 Å². The summed E-state index contributed by atoms with van der Waals surface area (Å²) in [5, 5.41) is 3.36. The maximum absolute atomic E-state index is 12.6. The Morgan fingerprint density at radius 1 is 1.05 bits per heavy atom. The molecule has 0 unspecified atom stereocenters. The van der Waals surface area contributed by atoms with Gasteiger partial charge in [-0.25, -0.2) is 12.7 Å². The Labute approximate surface area is 124 Å². The standard InChI is InChI=1S/C15H30N2O2S/c1-2-10-16-13-14-8-11-17(12-9-14)20(18,19)15-6-4-3-5-7-15/h14-16H,2-13H2,1H3. The fraction of sp³-hybridized carbons (Fsp3) is 1.00. The lowest BCUT2D eigenvalue weighted by molar-refractivity contribution is 0.263. The van der Waals surface area contributed by atoms with Crippen LogP contribution in [0.5, 0.6) is 0 Å². The van der Waals surface area contributed by atoms with Crippen LogP contribution in [0.1, 0.15) is 58.3 Å². The molecule has 0 aromatic heterocycles. The van der Waals surface area contributed by atoms with E-state index < -0.39 is 10.0 Å². The van der Waals surface area contributed by atoms with Crippen molar-refractivity contribution < 1.29 is 8.42 Å². The van der Waals surface area contributed by atoms with Crippen molar-refractivity contribution in [2.45, 2.75) is 63.5 Å². The van der Waals surface area contributed by atoms with E-state index in [4.69, 9.17) is 0 Å². The third-order valence-corrected chi connectivity index (χ3v) is 7.17. The molecule has 2 rings (SSSR count). The number of hydrogen-bond acceptors (Lipinski definition) is 3. The van der Waals surface area contributed by atoms with Crippen molar-refractivity contribution in [3.63, 3.8) is 0 Å². The lowest BCUT2D eigenvalue weighted by Gasteiger charge is -2.35. The SMILES string of the molecule is CCCNCC1CCN(S(=O)(=O)C2CCCCC2)CC1. The molecule has 1 saturated carbocycles. The monoisotopic (exact) mass is 302 g/mol. The smallest absolute Gasteiger partial charge is 0.216 e. The maximum Gasteiger partial charge on any atom is 0.216 e. The molecule has 0 aromatic rings. The van der Waals surface area contributed by atoms with Crippen molar-refractivity contribution in [2.24, 2.45) is 5.92 Å². The second-order valence-corrected chi connectivity index (χ2v) is 8.56. The molecule has 1 saturated heterocycles. The maximum atomic E-state index is 12.6. The summed E-state index contributed by atoms with van der Waals surface area (Å²) in [5.74, 6) is 0.652. The van der Waals surface area contributed by atoms with E-state index in [1.54, 1.807) is 4.31 Å². The van der Waals surface area contributed by atoms with Gasteiger partial charge in [0.15, 0.2) is 0 Å². The zero-order chi connectivity index (χ0) is 14.4. The highest BCUT2D eigenvalue weighted by Gasteiger charge is 2.34. The van der Waals surface area contributed by atoms with E-state index in [0.717, 1.165) is 71.1 Å². The number of nitrogens with one attached hydrogen (secondary N) is 1. The number of nitrogens with zero attached hydrogens (tertiary/aromatic N) is 1. The van der Waals surface area contributed by atoms with Gasteiger partial charge in [-0.3, -0.25) is 0 Å². The largest absolute Gasteiger partial charge is 0.316 e. The molecular formula is C15H30N2O2S. The van der Waals surface area contributed by atoms with Gasteiger partial charge in [-0.05, 0) is 51.1 Å². The van der Waals surface area contributed by atoms with Crippen molar-refractivity contribution in [3.8, 4) is 0 Å². The molecule has 1 N–H and O–H groups in total. The number of piperidine rings is 1. The molecule has 5 heteroatoms. The minimum atomic E-state index is -3.02. The Bertz CT molecular complexity index is 369. The van der Waals surface area contributed by atoms with Crippen LogP contribution in [0.25, 0.3) is 0 Å². The van der Waals surface area contributed by atoms with Gasteiger partial charge in [-0.15, -0.1) is 0 Å². The Morgan fingerprint density at radius 2 is 1.70 bits per heavy atom. The van der Waals surface area contributed by atoms with Crippen LogP contribution in [-0.4, -0.2) is 44.2 Å². The predicted octanol–water partition coefficient (Wildman–Crippen LogP) is 2.36. The van der Waals surface area contributed by atoms with E-state index in [1.807, 2.05) is 0 Å². The first-order valence-electron chi connectivity index (χ1n) is 8.34. The number of hydrogen-bond donors (Lipinski definition) is 1. The second-order valence-electron chi connectivity index (χ2n) is 6.35. The summed E-state index contributed by atoms with van der Waals surface area (Å²) in [5.41, 5.74) is 0. The molecule has 0 atom stereocenters. The van der Waals surface area contributed by atoms with E-state index in [1.165, 1.54) is 6.42 Å². The van der Waals surface area contributed by atoms with E-state index in [-0.39, 0.29) is 5.25 Å². The van der Waals surface area contributed by atoms with Crippen LogP contribution in [0, 0.1) is 5.92 Å². The van der Waals surface area contributed by atoms with Gasteiger partial charge in [0.25, 0.3) is 0 Å². The van der Waals surface area contributed by atoms with Crippen LogP contribution in [-0.2, 0) is 10.0 Å². The molecule has 4 nitrogen and oxygen atoms in total. The molecular weight excluding hydrogens is 272 g/mol. The number of sulfonamides is 1. The van der Waals surface area contributed by atoms with Gasteiger partial charge in [-0.1, -0.05) is 26.2 Å². The van der Waals surface area contributed by atoms with Gasteiger partial charge < -0.3 is 5.32 Å². The Morgan fingerprint density at radius 3 is 2.30 bits per heavy atom. The molecule has 118 valence electrons. The van der Waals surface area contributed by atoms with Crippen LogP contribution in [0.4, 0.5) is 0 Å². The molecule has 20 heavy (non-hydrogen) atoms. The first kappa shape index (κ1) is 16.2. The average Bonchev–Trinajstić information content (AvgIpc) is 2.49. The molecule has 0 aromatic carbocycles. The Kier molecular flexibility index (Phi) is 6.30. The zero-order valence-corrected chi connectivity index (χ0v) is 13.6. The zero-order valence-electron chi connectivity index (χ0n) is 12.8. The summed E-state index contributed by atoms with van der Waals surface area (Å²) >= 11 is 0. The van der Waals surface area contributed by atoms with Crippen LogP contribution >= 0.6 is 0 Å². The van der Waals surface area contributed by atoms with Crippen LogP contribution in [0.15, 0.2) is 0 Å². The van der Waals surface area contributed by atoms with Crippen molar-refractivity contribution in [2.75, 3.05) is 26.2 Å². The molecule has 2 aliphatic rings. The average molecular weight is 302 g/mol. The minimum absolute atomic E-state index is 0.0917. The summed E-state index contributed by atoms with van der Waals surface area (Å²) in [6, 6.07) is 0. The first-order valence-corrected chi connectivity index (χ1v) is 9.84. The molecule has 1 aliphatic carbocycles. The highest BCUT2D eigenvalue weighted by atomic mass is 32.2. The highest BCUT2D eigenvalue weighted by Crippen LogP contribution is 2.28. The van der Waals surface area contributed by atoms with Gasteiger partial charge in [-0.2, -0.15) is 0 Å². The summed E-state index contributed by atoms with van der Waals surface area (Å²) < 4.78 is 27.0. The normalized spacial score (nSPS) is 24.1. The fourth-order valence-electron chi connectivity index (χ4n) is 3.42. The third kappa shape index (κ3) is 4.18. The van der Waals surface area contributed by atoms with Gasteiger partial charge in [0.1, 0.15) is 0 Å². The molecule has 0 bridgehead atoms. The number of rotatable bonds is 6. The van der Waals surface area contributed by atoms with Gasteiger partial charge >= 0.3 is 0 Å². The highest BCUT2D eigenvalue weighted by molar-refractivity contribution is 7.89. The lowest BCUT2D eigenvalue weighted by atomic mass is 9.98. The fourth-order valence-corrected chi connectivity index (χ4v) is 5.50. The van der Waals surface area contributed by atoms with Crippen molar-refractivity contribution in [1.29, 1.82) is 0 Å². The van der Waals surface area contributed by atoms with E-state index in [9.17, 15) is 8.42 Å². The molecule has 1 heterocycles. The Hall–Kier alpha value is -0.130. The van der Waals surface area contributed by atoms with Crippen molar-refractivity contribution in [1.82, 2.24) is 9.62 Å². The summed E-state index contributed by atoms with van der Waals surface area (Å²) in [7, 11) is -3.02. The van der Waals surface area contributed by atoms with Gasteiger partial charge in [0, 0.05) is 13.1 Å². The van der Waals surface area contributed by atoms with Gasteiger partial charge in [0.05, 0.1) is 5.25 Å². The summed E-state index contributed by atoms with van der Waals surface area (Å²) in [6.45, 7) is 5.76. The van der Waals surface area contributed by atoms with Crippen LogP contribution < -0.4 is 5.32 Å². The van der Waals surface area contributed by atoms with E-state index >= 15 is 0 Å². The van der Waals surface area contributed by atoms with E-state index in [0.29, 0.717) is 5.92 Å². The summed E-state index contributed by atoms with van der Waals surface area (Å²) in [4.78, 5) is 0. The topological polar surface area (TPSA) is 49.4 Å². The summed E-state index contributed by atoms with van der Waals surface area (Å²) in [6.07, 6.45) is 8.32. The quantitative estimate of drug-likeness (QED) is 0.766. The predicted molar refractivity (Wildman–Crippen MR) is 83.3 cm³/mol. The van der Waals surface area contributed by atoms with Gasteiger partial charge in [0.2, 0.25) is 10.0 Å². The molecule has 0 spiro atoms. The molecule has 0 radical (unpaired) electrons. The molecule has 0 amide bonds. The van der Waals surface area contributed by atoms with Crippen molar-refractivity contribution in [3.05, 3.63) is 0 Å². The molecule has 1 aliphatic heterocycles. The van der Waals surface area contributed by atoms with Crippen molar-refractivity contribution >= 4 is 10.0 Å². The third-order valence-electron chi connectivity index (χ3n) is 4.77. The Balaban J connectivity index is 1.80. The second kappa shape index (κ2) is 7.76. The van der Waals surface area contributed by atoms with E-state index in [2.05, 4.69) is 12.2 Å². The van der Waals surface area contributed by atoms with Crippen LogP contribution in [0.2, 0.25) is 0 Å². The first-order chi connectivity index (χ1) is 9.64. The minimum Gasteiger partial charge on any atom is -0.316 e. The molecule has 2 fully saturated rings.